The van der Waals surface area contributed by atoms with E-state index in [2.05, 4.69) is 0 Å². The largest absolute Gasteiger partial charge is 0.325 e. The average Bonchev–Trinajstić information content (AvgIpc) is 2.38. The molecule has 0 saturated carbocycles. The summed E-state index contributed by atoms with van der Waals surface area (Å²) in [6.07, 6.45) is -0.0815. The summed E-state index contributed by atoms with van der Waals surface area (Å²) in [6, 6.07) is 0. The Kier molecular flexibility index (Phi) is 2.39. The Balaban J connectivity index is 2.69. The minimum atomic E-state index is -3.35. The molecule has 5 heteroatoms. The molecule has 1 unspecified atom stereocenters. The van der Waals surface area contributed by atoms with E-state index in [0.29, 0.717) is 5.75 Å². The van der Waals surface area contributed by atoms with Gasteiger partial charge in [0.15, 0.2) is 5.67 Å². The molecule has 1 fully saturated rings. The summed E-state index contributed by atoms with van der Waals surface area (Å²) >= 11 is 1.21. The lowest BCUT2D eigenvalue weighted by Gasteiger charge is -2.27. The lowest BCUT2D eigenvalue weighted by Crippen LogP contribution is -2.49. The fourth-order valence-corrected chi connectivity index (χ4v) is 2.30. The van der Waals surface area contributed by atoms with Crippen LogP contribution >= 0.6 is 11.8 Å². The van der Waals surface area contributed by atoms with Crippen LogP contribution in [0.25, 0.3) is 0 Å². The van der Waals surface area contributed by atoms with Crippen molar-refractivity contribution in [2.45, 2.75) is 18.0 Å². The molecule has 0 aromatic heterocycles. The van der Waals surface area contributed by atoms with Crippen LogP contribution in [0.5, 0.6) is 0 Å². The molecular weight excluding hydrogens is 175 g/mol. The second-order valence-corrected chi connectivity index (χ2v) is 3.78. The Morgan fingerprint density at radius 2 is 2.18 bits per heavy atom. The van der Waals surface area contributed by atoms with Crippen molar-refractivity contribution in [3.8, 4) is 0 Å². The van der Waals surface area contributed by atoms with Gasteiger partial charge in [0, 0.05) is 5.75 Å². The molecular formula is C6H10F3NS. The van der Waals surface area contributed by atoms with E-state index in [1.54, 1.807) is 0 Å². The van der Waals surface area contributed by atoms with Crippen LogP contribution < -0.4 is 5.73 Å². The predicted octanol–water partition coefficient (Wildman–Crippen LogP) is 1.43. The van der Waals surface area contributed by atoms with E-state index in [-0.39, 0.29) is 12.2 Å². The number of hydrogen-bond donors (Lipinski definition) is 1. The Labute approximate surface area is 67.5 Å². The van der Waals surface area contributed by atoms with Crippen molar-refractivity contribution in [3.05, 3.63) is 0 Å². The van der Waals surface area contributed by atoms with Crippen molar-refractivity contribution in [3.63, 3.8) is 0 Å². The van der Waals surface area contributed by atoms with Gasteiger partial charge in [-0.15, -0.1) is 0 Å². The van der Waals surface area contributed by atoms with Crippen LogP contribution in [0.3, 0.4) is 0 Å². The van der Waals surface area contributed by atoms with Crippen molar-refractivity contribution >= 4 is 11.8 Å². The fraction of sp³-hybridized carbons (Fsp3) is 1.00. The van der Waals surface area contributed by atoms with Crippen LogP contribution in [-0.2, 0) is 0 Å². The van der Waals surface area contributed by atoms with Crippen LogP contribution in [0.1, 0.15) is 6.42 Å². The molecule has 0 aliphatic carbocycles. The number of nitrogens with two attached hydrogens (primary N) is 1. The maximum Gasteiger partial charge on any atom is 0.294 e. The third kappa shape index (κ3) is 1.49. The van der Waals surface area contributed by atoms with E-state index in [0.717, 1.165) is 0 Å². The Morgan fingerprint density at radius 1 is 1.55 bits per heavy atom. The third-order valence-electron chi connectivity index (χ3n) is 1.89. The van der Waals surface area contributed by atoms with Crippen LogP contribution in [0.4, 0.5) is 13.2 Å². The van der Waals surface area contributed by atoms with Crippen molar-refractivity contribution < 1.29 is 13.2 Å². The van der Waals surface area contributed by atoms with Gasteiger partial charge in [0.05, 0.1) is 6.54 Å². The Hall–Kier alpha value is 0.100. The third-order valence-corrected chi connectivity index (χ3v) is 3.04. The first-order valence-corrected chi connectivity index (χ1v) is 4.52. The number of halogens is 3. The number of hydrogen-bond acceptors (Lipinski definition) is 2. The van der Waals surface area contributed by atoms with Gasteiger partial charge in [0.25, 0.3) is 5.92 Å². The normalized spacial score (nSPS) is 32.7. The quantitative estimate of drug-likeness (QED) is 0.704. The molecule has 1 saturated heterocycles. The van der Waals surface area contributed by atoms with E-state index in [1.807, 2.05) is 0 Å². The summed E-state index contributed by atoms with van der Waals surface area (Å²) in [5, 5.41) is 0. The maximum absolute atomic E-state index is 13.2. The average molecular weight is 185 g/mol. The molecule has 0 spiro atoms. The van der Waals surface area contributed by atoms with Gasteiger partial charge in [-0.1, -0.05) is 0 Å². The first-order chi connectivity index (χ1) is 5.02. The monoisotopic (exact) mass is 185 g/mol. The van der Waals surface area contributed by atoms with Gasteiger partial charge in [0.1, 0.15) is 0 Å². The van der Waals surface area contributed by atoms with Gasteiger partial charge < -0.3 is 5.73 Å². The minimum absolute atomic E-state index is 0.0815. The van der Waals surface area contributed by atoms with E-state index in [4.69, 9.17) is 5.73 Å². The molecule has 1 aliphatic heterocycles. The van der Waals surface area contributed by atoms with Gasteiger partial charge in [-0.3, -0.25) is 0 Å². The van der Waals surface area contributed by atoms with E-state index in [9.17, 15) is 13.2 Å². The summed E-state index contributed by atoms with van der Waals surface area (Å²) in [6.45, 7) is -0.899. The molecule has 1 atom stereocenters. The highest BCUT2D eigenvalue weighted by atomic mass is 32.2. The summed E-state index contributed by atoms with van der Waals surface area (Å²) < 4.78 is 38.7. The van der Waals surface area contributed by atoms with Gasteiger partial charge in [0.2, 0.25) is 0 Å². The number of thioether (sulfide) groups is 1. The molecule has 11 heavy (non-hydrogen) atoms. The number of alkyl halides is 3. The summed E-state index contributed by atoms with van der Waals surface area (Å²) in [5.74, 6) is -3.01. The number of rotatable bonds is 2. The standard InChI is InChI=1S/C6H10F3NS/c7-5(1-2-11-4-5)6(8,9)3-10/h1-4,10H2. The Morgan fingerprint density at radius 3 is 2.55 bits per heavy atom. The highest BCUT2D eigenvalue weighted by Crippen LogP contribution is 2.42. The van der Waals surface area contributed by atoms with Crippen molar-refractivity contribution in [1.82, 2.24) is 0 Å². The fourth-order valence-electron chi connectivity index (χ4n) is 1.01. The highest BCUT2D eigenvalue weighted by molar-refractivity contribution is 7.99. The van der Waals surface area contributed by atoms with Crippen LogP contribution in [0, 0.1) is 0 Å². The molecule has 2 N–H and O–H groups in total. The molecule has 1 rings (SSSR count). The van der Waals surface area contributed by atoms with Crippen molar-refractivity contribution in [2.75, 3.05) is 18.1 Å². The summed E-state index contributed by atoms with van der Waals surface area (Å²) in [4.78, 5) is 0. The van der Waals surface area contributed by atoms with Crippen molar-refractivity contribution in [2.24, 2.45) is 5.73 Å². The zero-order chi connectivity index (χ0) is 8.54. The van der Waals surface area contributed by atoms with Gasteiger partial charge >= 0.3 is 0 Å². The highest BCUT2D eigenvalue weighted by Gasteiger charge is 2.55. The second-order valence-electron chi connectivity index (χ2n) is 2.68. The molecule has 0 aromatic carbocycles. The van der Waals surface area contributed by atoms with E-state index in [1.165, 1.54) is 11.8 Å². The molecule has 0 aromatic rings. The topological polar surface area (TPSA) is 26.0 Å². The first kappa shape index (κ1) is 9.19. The molecule has 0 radical (unpaired) electrons. The molecule has 0 amide bonds. The smallest absolute Gasteiger partial charge is 0.294 e. The molecule has 1 heterocycles. The molecule has 1 aliphatic rings. The molecule has 0 bridgehead atoms. The van der Waals surface area contributed by atoms with E-state index >= 15 is 0 Å². The van der Waals surface area contributed by atoms with Crippen molar-refractivity contribution in [1.29, 1.82) is 0 Å². The zero-order valence-electron chi connectivity index (χ0n) is 5.95. The molecule has 66 valence electrons. The van der Waals surface area contributed by atoms with Crippen LogP contribution in [0.15, 0.2) is 0 Å². The first-order valence-electron chi connectivity index (χ1n) is 3.36. The molecule has 1 nitrogen and oxygen atoms in total. The zero-order valence-corrected chi connectivity index (χ0v) is 6.76. The van der Waals surface area contributed by atoms with Gasteiger partial charge in [-0.2, -0.15) is 11.8 Å². The lowest BCUT2D eigenvalue weighted by atomic mass is 9.97. The summed E-state index contributed by atoms with van der Waals surface area (Å²) in [5.41, 5.74) is 2.42. The second kappa shape index (κ2) is 2.86. The van der Waals surface area contributed by atoms with Gasteiger partial charge in [-0.05, 0) is 12.2 Å². The van der Waals surface area contributed by atoms with Crippen LogP contribution in [0.2, 0.25) is 0 Å². The summed E-state index contributed by atoms with van der Waals surface area (Å²) in [7, 11) is 0. The lowest BCUT2D eigenvalue weighted by molar-refractivity contribution is -0.116. The van der Waals surface area contributed by atoms with E-state index < -0.39 is 18.1 Å². The van der Waals surface area contributed by atoms with Crippen LogP contribution in [-0.4, -0.2) is 29.6 Å². The Bertz CT molecular complexity index is 145. The minimum Gasteiger partial charge on any atom is -0.325 e. The predicted molar refractivity (Wildman–Crippen MR) is 39.8 cm³/mol. The maximum atomic E-state index is 13.2. The van der Waals surface area contributed by atoms with Gasteiger partial charge in [-0.25, -0.2) is 13.2 Å². The SMILES string of the molecule is NCC(F)(F)C1(F)CCSC1.